The van der Waals surface area contributed by atoms with Gasteiger partial charge in [-0.15, -0.1) is 0 Å². The molecule has 3 N–H and O–H groups in total. The Morgan fingerprint density at radius 1 is 1.38 bits per heavy atom. The lowest BCUT2D eigenvalue weighted by Gasteiger charge is -2.25. The number of hydrogen-bond donors (Lipinski definition) is 3. The second kappa shape index (κ2) is 14.4. The molecule has 0 unspecified atom stereocenters. The van der Waals surface area contributed by atoms with Crippen LogP contribution in [0.3, 0.4) is 0 Å². The van der Waals surface area contributed by atoms with Crippen LogP contribution in [-0.2, 0) is 22.4 Å². The fourth-order valence-corrected chi connectivity index (χ4v) is 4.47. The van der Waals surface area contributed by atoms with Crippen LogP contribution in [0.15, 0.2) is 24.5 Å². The van der Waals surface area contributed by atoms with E-state index in [0.717, 1.165) is 50.2 Å². The van der Waals surface area contributed by atoms with E-state index in [-0.39, 0.29) is 30.4 Å². The van der Waals surface area contributed by atoms with Gasteiger partial charge in [0, 0.05) is 49.5 Å². The number of rotatable bonds is 15. The molecule has 10 nitrogen and oxygen atoms in total. The highest BCUT2D eigenvalue weighted by Crippen LogP contribution is 2.20. The number of hydrogen-bond acceptors (Lipinski definition) is 8. The third-order valence-electron chi connectivity index (χ3n) is 6.46. The van der Waals surface area contributed by atoms with Crippen molar-refractivity contribution in [1.29, 1.82) is 5.26 Å². The lowest BCUT2D eigenvalue weighted by molar-refractivity contribution is -0.479. The molecule has 0 bridgehead atoms. The summed E-state index contributed by atoms with van der Waals surface area (Å²) in [5.74, 6) is 0.808. The minimum absolute atomic E-state index is 0.00149. The topological polar surface area (TPSA) is 129 Å². The van der Waals surface area contributed by atoms with E-state index < -0.39 is 12.2 Å². The van der Waals surface area contributed by atoms with Crippen LogP contribution < -0.4 is 15.1 Å². The number of ether oxygens (including phenoxy) is 1. The number of Topliss-reactive ketones (excluding diaryl/α,β-unsaturated/α-hetero) is 1. The van der Waals surface area contributed by atoms with Gasteiger partial charge in [0.05, 0.1) is 6.61 Å². The van der Waals surface area contributed by atoms with Gasteiger partial charge in [-0.1, -0.05) is 11.0 Å². The first-order valence-electron chi connectivity index (χ1n) is 12.8. The molecule has 0 radical (unpaired) electrons. The number of H-pyrrole nitrogens is 1. The number of alkyl halides is 1. The summed E-state index contributed by atoms with van der Waals surface area (Å²) in [6.07, 6.45) is 6.54. The van der Waals surface area contributed by atoms with Crippen molar-refractivity contribution < 1.29 is 18.3 Å². The molecule has 0 fully saturated rings. The first-order chi connectivity index (χ1) is 17.9. The molecule has 37 heavy (non-hydrogen) atoms. The van der Waals surface area contributed by atoms with Crippen LogP contribution in [0.5, 0.6) is 0 Å². The summed E-state index contributed by atoms with van der Waals surface area (Å²) in [6, 6.07) is 5.46. The Hall–Kier alpha value is -3.36. The van der Waals surface area contributed by atoms with Crippen LogP contribution in [0.2, 0.25) is 0 Å². The predicted octanol–water partition coefficient (Wildman–Crippen LogP) is 2.62. The summed E-state index contributed by atoms with van der Waals surface area (Å²) in [5, 5.41) is 15.6. The molecule has 1 aliphatic rings. The van der Waals surface area contributed by atoms with Crippen LogP contribution >= 0.6 is 0 Å². The number of aryl methyl sites for hydroxylation is 2. The molecule has 200 valence electrons. The van der Waals surface area contributed by atoms with Gasteiger partial charge in [0.2, 0.25) is 5.69 Å². The number of unbranched alkanes of at least 4 members (excludes halogenated alkanes) is 1. The number of nitrogens with zero attached hydrogens (tertiary/aromatic N) is 4. The lowest BCUT2D eigenvalue weighted by Crippen LogP contribution is -2.39. The van der Waals surface area contributed by atoms with Gasteiger partial charge in [0.25, 0.3) is 0 Å². The summed E-state index contributed by atoms with van der Waals surface area (Å²) >= 11 is 0. The Morgan fingerprint density at radius 3 is 2.97 bits per heavy atom. The number of pyridine rings is 1. The molecule has 1 aliphatic heterocycles. The SMILES string of the molecule is COC[C@@H](F)CN(CCCCc1ccc2c(n1)NCCC2)CC[C@H](Nc1c(C#N)[nH]cc[n+]1=O)C(C)=O. The Labute approximate surface area is 216 Å². The van der Waals surface area contributed by atoms with Gasteiger partial charge in [-0.2, -0.15) is 5.26 Å². The minimum Gasteiger partial charge on any atom is -0.382 e. The molecule has 2 atom stereocenters. The van der Waals surface area contributed by atoms with Crippen LogP contribution in [-0.4, -0.2) is 72.8 Å². The summed E-state index contributed by atoms with van der Waals surface area (Å²) in [7, 11) is 1.47. The zero-order chi connectivity index (χ0) is 26.6. The summed E-state index contributed by atoms with van der Waals surface area (Å²) in [4.78, 5) is 33.9. The van der Waals surface area contributed by atoms with E-state index in [1.165, 1.54) is 32.0 Å². The predicted molar refractivity (Wildman–Crippen MR) is 139 cm³/mol. The number of methoxy groups -OCH3 is 1. The van der Waals surface area contributed by atoms with Crippen molar-refractivity contribution in [1.82, 2.24) is 14.9 Å². The molecule has 0 saturated heterocycles. The van der Waals surface area contributed by atoms with Crippen molar-refractivity contribution in [3.63, 3.8) is 0 Å². The van der Waals surface area contributed by atoms with E-state index in [4.69, 9.17) is 9.72 Å². The molecule has 0 aromatic carbocycles. The molecule has 11 heteroatoms. The zero-order valence-electron chi connectivity index (χ0n) is 21.6. The quantitative estimate of drug-likeness (QED) is 0.244. The highest BCUT2D eigenvalue weighted by Gasteiger charge is 2.26. The van der Waals surface area contributed by atoms with E-state index in [1.807, 2.05) is 11.0 Å². The van der Waals surface area contributed by atoms with Crippen LogP contribution in [0.4, 0.5) is 16.0 Å². The number of nitriles is 1. The number of ketones is 1. The van der Waals surface area contributed by atoms with Crippen molar-refractivity contribution in [2.24, 2.45) is 0 Å². The number of carbonyl (C=O) groups is 1. The molecule has 0 spiro atoms. The minimum atomic E-state index is -1.15. The fraction of sp³-hybridized carbons (Fsp3) is 0.577. The number of halogens is 1. The normalized spacial score (nSPS) is 14.4. The molecule has 3 heterocycles. The summed E-state index contributed by atoms with van der Waals surface area (Å²) < 4.78 is 19.9. The second-order valence-electron chi connectivity index (χ2n) is 9.37. The number of carbonyl (C=O) groups excluding carboxylic acids is 1. The number of anilines is 2. The molecule has 0 amide bonds. The highest BCUT2D eigenvalue weighted by molar-refractivity contribution is 5.84. The maximum absolute atomic E-state index is 14.4. The molecular formula is C26H37FN7O3+. The first kappa shape index (κ1) is 28.2. The van der Waals surface area contributed by atoms with Gasteiger partial charge >= 0.3 is 5.82 Å². The highest BCUT2D eigenvalue weighted by atomic mass is 19.1. The van der Waals surface area contributed by atoms with Gasteiger partial charge in [0.1, 0.15) is 18.1 Å². The smallest absolute Gasteiger partial charge is 0.354 e. The van der Waals surface area contributed by atoms with Crippen molar-refractivity contribution in [2.45, 2.75) is 57.7 Å². The first-order valence-corrected chi connectivity index (χ1v) is 12.8. The van der Waals surface area contributed by atoms with E-state index in [2.05, 4.69) is 27.8 Å². The van der Waals surface area contributed by atoms with E-state index >= 15 is 0 Å². The van der Waals surface area contributed by atoms with Gasteiger partial charge < -0.3 is 19.9 Å². The summed E-state index contributed by atoms with van der Waals surface area (Å²) in [5.41, 5.74) is 2.34. The third-order valence-corrected chi connectivity index (χ3v) is 6.46. The lowest BCUT2D eigenvalue weighted by atomic mass is 10.1. The molecule has 0 saturated carbocycles. The van der Waals surface area contributed by atoms with E-state index in [0.29, 0.717) is 23.9 Å². The molecular weight excluding hydrogens is 477 g/mol. The number of nitrogens with one attached hydrogen (secondary N) is 3. The van der Waals surface area contributed by atoms with Crippen LogP contribution in [0, 0.1) is 16.2 Å². The van der Waals surface area contributed by atoms with Gasteiger partial charge in [-0.05, 0) is 57.2 Å². The van der Waals surface area contributed by atoms with Crippen LogP contribution in [0.25, 0.3) is 0 Å². The van der Waals surface area contributed by atoms with Crippen molar-refractivity contribution in [2.75, 3.05) is 50.5 Å². The van der Waals surface area contributed by atoms with Crippen molar-refractivity contribution in [3.8, 4) is 6.07 Å². The summed E-state index contributed by atoms with van der Waals surface area (Å²) in [6.45, 7) is 3.67. The molecule has 0 aliphatic carbocycles. The maximum atomic E-state index is 14.4. The van der Waals surface area contributed by atoms with Gasteiger partial charge in [-0.3, -0.25) is 10.1 Å². The number of aromatic nitrogens is 3. The fourth-order valence-electron chi connectivity index (χ4n) is 4.47. The third kappa shape index (κ3) is 8.61. The second-order valence-corrected chi connectivity index (χ2v) is 9.37. The average molecular weight is 515 g/mol. The molecule has 3 rings (SSSR count). The Morgan fingerprint density at radius 2 is 2.22 bits per heavy atom. The number of fused-ring (bicyclic) bond motifs is 1. The zero-order valence-corrected chi connectivity index (χ0v) is 21.6. The van der Waals surface area contributed by atoms with Crippen molar-refractivity contribution in [3.05, 3.63) is 46.4 Å². The molecule has 2 aromatic heterocycles. The monoisotopic (exact) mass is 514 g/mol. The Kier molecular flexibility index (Phi) is 11.0. The van der Waals surface area contributed by atoms with E-state index in [1.54, 1.807) is 0 Å². The van der Waals surface area contributed by atoms with Gasteiger partial charge in [-0.25, -0.2) is 9.37 Å². The average Bonchev–Trinajstić information content (AvgIpc) is 2.89. The number of aromatic amines is 1. The Balaban J connectivity index is 1.57. The van der Waals surface area contributed by atoms with Crippen molar-refractivity contribution >= 4 is 17.4 Å². The Bertz CT molecular complexity index is 1130. The van der Waals surface area contributed by atoms with Crippen LogP contribution in [0.1, 0.15) is 49.6 Å². The van der Waals surface area contributed by atoms with E-state index in [9.17, 15) is 19.4 Å². The largest absolute Gasteiger partial charge is 0.382 e. The standard InChI is InChI=1S/C26H37FN7O3/c1-19(35)23(32-26-24(16-28)29-12-15-34(26)36)10-14-33(17-21(27)18-37-2)13-4-3-7-22-9-8-20-6-5-11-30-25(20)31-22/h8-9,12,15,21,23,32H,3-7,10-11,13-14,17-18H2,1-2H3,(H,29,36)(H,30,31)/q+1/t21-,23-/m0/s1. The maximum Gasteiger partial charge on any atom is 0.354 e. The molecule has 2 aromatic rings. The van der Waals surface area contributed by atoms with Gasteiger partial charge in [0.15, 0.2) is 18.0 Å².